The molecule has 0 atom stereocenters. The van der Waals surface area contributed by atoms with Gasteiger partial charge in [-0.1, -0.05) is 158 Å². The molecule has 12 rings (SSSR count). The van der Waals surface area contributed by atoms with Crippen molar-refractivity contribution in [3.63, 3.8) is 0 Å². The Labute approximate surface area is 306 Å². The second-order valence-electron chi connectivity index (χ2n) is 14.2. The highest BCUT2D eigenvalue weighted by molar-refractivity contribution is 6.21. The van der Waals surface area contributed by atoms with Gasteiger partial charge in [-0.3, -0.25) is 4.57 Å². The average molecular weight is 675 g/mol. The lowest BCUT2D eigenvalue weighted by atomic mass is 9.66. The molecule has 0 amide bonds. The zero-order valence-electron chi connectivity index (χ0n) is 28.6. The largest absolute Gasteiger partial charge is 0.456 e. The molecule has 0 saturated heterocycles. The van der Waals surface area contributed by atoms with Gasteiger partial charge in [-0.05, 0) is 63.0 Å². The third-order valence-corrected chi connectivity index (χ3v) is 11.6. The monoisotopic (exact) mass is 674 g/mol. The summed E-state index contributed by atoms with van der Waals surface area (Å²) in [5.41, 5.74) is 12.4. The van der Waals surface area contributed by atoms with Gasteiger partial charge in [0, 0.05) is 27.3 Å². The molecule has 1 aliphatic carbocycles. The maximum Gasteiger partial charge on any atom is 0.142 e. The number of ether oxygens (including phenoxy) is 1. The summed E-state index contributed by atoms with van der Waals surface area (Å²) >= 11 is 0. The smallest absolute Gasteiger partial charge is 0.142 e. The second kappa shape index (κ2) is 10.5. The van der Waals surface area contributed by atoms with Gasteiger partial charge in [-0.15, -0.1) is 0 Å². The number of pyridine rings is 1. The molecule has 3 nitrogen and oxygen atoms in total. The molecule has 0 N–H and O–H groups in total. The van der Waals surface area contributed by atoms with Gasteiger partial charge in [-0.2, -0.15) is 0 Å². The standard InChI is InChI=1S/C50H30N2O/c1-2-14-31(15-3-1)38-30-46(51-43-24-12-8-20-36(38)43)52-44-29-28-42-49(47(44)37-27-26-32-16-4-5-17-33(32)48(37)52)53-45-25-13-11-23-41(45)50(42)39-21-9-6-18-34(39)35-19-7-10-22-40(35)50/h1-30H. The fourth-order valence-corrected chi connectivity index (χ4v) is 9.54. The quantitative estimate of drug-likeness (QED) is 0.182. The molecule has 0 saturated carbocycles. The Morgan fingerprint density at radius 3 is 1.94 bits per heavy atom. The van der Waals surface area contributed by atoms with Crippen molar-refractivity contribution in [3.8, 4) is 39.6 Å². The van der Waals surface area contributed by atoms with Crippen LogP contribution in [0.15, 0.2) is 182 Å². The minimum Gasteiger partial charge on any atom is -0.456 e. The number of benzene rings is 8. The van der Waals surface area contributed by atoms with Crippen LogP contribution < -0.4 is 4.74 Å². The van der Waals surface area contributed by atoms with Gasteiger partial charge in [0.15, 0.2) is 0 Å². The fourth-order valence-electron chi connectivity index (χ4n) is 9.54. The van der Waals surface area contributed by atoms with Gasteiger partial charge in [0.05, 0.1) is 27.4 Å². The highest BCUT2D eigenvalue weighted by atomic mass is 16.5. The van der Waals surface area contributed by atoms with Crippen LogP contribution in [0.4, 0.5) is 0 Å². The van der Waals surface area contributed by atoms with E-state index in [0.717, 1.165) is 66.7 Å². The average Bonchev–Trinajstić information content (AvgIpc) is 3.73. The van der Waals surface area contributed by atoms with Crippen molar-refractivity contribution in [1.82, 2.24) is 9.55 Å². The maximum absolute atomic E-state index is 7.21. The van der Waals surface area contributed by atoms with Gasteiger partial charge >= 0.3 is 0 Å². The number of fused-ring (bicyclic) bond motifs is 16. The van der Waals surface area contributed by atoms with E-state index < -0.39 is 5.41 Å². The van der Waals surface area contributed by atoms with E-state index in [1.807, 2.05) is 0 Å². The van der Waals surface area contributed by atoms with Gasteiger partial charge < -0.3 is 4.74 Å². The molecule has 246 valence electrons. The van der Waals surface area contributed by atoms with Gasteiger partial charge in [0.25, 0.3) is 0 Å². The lowest BCUT2D eigenvalue weighted by molar-refractivity contribution is 0.442. The molecule has 2 aliphatic rings. The Balaban J connectivity index is 1.26. The lowest BCUT2D eigenvalue weighted by Crippen LogP contribution is -2.32. The number of nitrogens with zero attached hydrogens (tertiary/aromatic N) is 2. The van der Waals surface area contributed by atoms with Crippen LogP contribution >= 0.6 is 0 Å². The molecule has 1 spiro atoms. The van der Waals surface area contributed by atoms with E-state index in [9.17, 15) is 0 Å². The minimum absolute atomic E-state index is 0.543. The molecule has 0 fully saturated rings. The normalized spacial score (nSPS) is 13.6. The number of rotatable bonds is 2. The molecule has 53 heavy (non-hydrogen) atoms. The second-order valence-corrected chi connectivity index (χ2v) is 14.2. The third kappa shape index (κ3) is 3.70. The van der Waals surface area contributed by atoms with Crippen LogP contribution in [0.3, 0.4) is 0 Å². The predicted molar refractivity (Wildman–Crippen MR) is 216 cm³/mol. The summed E-state index contributed by atoms with van der Waals surface area (Å²) in [6.45, 7) is 0. The first-order chi connectivity index (χ1) is 26.3. The maximum atomic E-state index is 7.21. The highest BCUT2D eigenvalue weighted by Gasteiger charge is 2.51. The number of aromatic nitrogens is 2. The number of para-hydroxylation sites is 2. The van der Waals surface area contributed by atoms with Crippen molar-refractivity contribution in [2.75, 3.05) is 0 Å². The van der Waals surface area contributed by atoms with Crippen LogP contribution in [0.1, 0.15) is 22.3 Å². The van der Waals surface area contributed by atoms with E-state index in [0.29, 0.717) is 0 Å². The van der Waals surface area contributed by atoms with Crippen LogP contribution in [0.5, 0.6) is 11.5 Å². The zero-order valence-corrected chi connectivity index (χ0v) is 28.6. The summed E-state index contributed by atoms with van der Waals surface area (Å²) in [5, 5.41) is 5.72. The van der Waals surface area contributed by atoms with Crippen LogP contribution in [-0.2, 0) is 5.41 Å². The van der Waals surface area contributed by atoms with E-state index in [1.165, 1.54) is 38.6 Å². The van der Waals surface area contributed by atoms with Gasteiger partial charge in [0.2, 0.25) is 0 Å². The van der Waals surface area contributed by atoms with Crippen molar-refractivity contribution in [2.45, 2.75) is 5.41 Å². The molecule has 8 aromatic carbocycles. The molecule has 0 bridgehead atoms. The first-order valence-corrected chi connectivity index (χ1v) is 18.2. The molecule has 0 unspecified atom stereocenters. The van der Waals surface area contributed by atoms with Crippen LogP contribution in [0, 0.1) is 0 Å². The van der Waals surface area contributed by atoms with Crippen molar-refractivity contribution >= 4 is 43.5 Å². The highest BCUT2D eigenvalue weighted by Crippen LogP contribution is 2.63. The van der Waals surface area contributed by atoms with Crippen LogP contribution in [0.25, 0.3) is 71.6 Å². The summed E-state index contributed by atoms with van der Waals surface area (Å²) in [5.74, 6) is 2.66. The molecular weight excluding hydrogens is 645 g/mol. The zero-order chi connectivity index (χ0) is 34.7. The molecule has 2 aromatic heterocycles. The summed E-state index contributed by atoms with van der Waals surface area (Å²) in [6.07, 6.45) is 0. The van der Waals surface area contributed by atoms with Crippen molar-refractivity contribution in [2.24, 2.45) is 0 Å². The summed E-state index contributed by atoms with van der Waals surface area (Å²) < 4.78 is 9.58. The van der Waals surface area contributed by atoms with Crippen LogP contribution in [0.2, 0.25) is 0 Å². The van der Waals surface area contributed by atoms with E-state index in [1.54, 1.807) is 0 Å². The van der Waals surface area contributed by atoms with E-state index in [2.05, 4.69) is 187 Å². The molecule has 1 aliphatic heterocycles. The van der Waals surface area contributed by atoms with Crippen molar-refractivity contribution in [1.29, 1.82) is 0 Å². The molecule has 3 heterocycles. The lowest BCUT2D eigenvalue weighted by Gasteiger charge is -2.39. The van der Waals surface area contributed by atoms with Gasteiger partial charge in [0.1, 0.15) is 17.3 Å². The summed E-state index contributed by atoms with van der Waals surface area (Å²) in [6, 6.07) is 65.7. The Bertz CT molecular complexity index is 3110. The van der Waals surface area contributed by atoms with E-state index in [4.69, 9.17) is 9.72 Å². The molecular formula is C50H30N2O. The predicted octanol–water partition coefficient (Wildman–Crippen LogP) is 12.6. The SMILES string of the molecule is c1ccc(-c2cc(-n3c4ccc5c(c4c4ccc6ccccc6c43)Oc3ccccc3C53c4ccccc4-c4ccccc43)nc3ccccc23)cc1. The first kappa shape index (κ1) is 28.7. The fraction of sp³-hybridized carbons (Fsp3) is 0.0200. The Morgan fingerprint density at radius 2 is 1.13 bits per heavy atom. The summed E-state index contributed by atoms with van der Waals surface area (Å²) in [4.78, 5) is 5.41. The summed E-state index contributed by atoms with van der Waals surface area (Å²) in [7, 11) is 0. The Morgan fingerprint density at radius 1 is 0.472 bits per heavy atom. The number of hydrogen-bond donors (Lipinski definition) is 0. The van der Waals surface area contributed by atoms with E-state index in [-0.39, 0.29) is 0 Å². The molecule has 0 radical (unpaired) electrons. The van der Waals surface area contributed by atoms with Gasteiger partial charge in [-0.25, -0.2) is 4.98 Å². The Hall–Kier alpha value is -6.97. The first-order valence-electron chi connectivity index (χ1n) is 18.2. The number of hydrogen-bond acceptors (Lipinski definition) is 2. The van der Waals surface area contributed by atoms with Crippen molar-refractivity contribution in [3.05, 3.63) is 204 Å². The topological polar surface area (TPSA) is 27.1 Å². The minimum atomic E-state index is -0.543. The van der Waals surface area contributed by atoms with Crippen LogP contribution in [-0.4, -0.2) is 9.55 Å². The van der Waals surface area contributed by atoms with E-state index >= 15 is 0 Å². The molecule has 10 aromatic rings. The molecule has 3 heteroatoms. The third-order valence-electron chi connectivity index (χ3n) is 11.6. The van der Waals surface area contributed by atoms with Crippen molar-refractivity contribution < 1.29 is 4.74 Å². The Kier molecular flexibility index (Phi) is 5.70.